The van der Waals surface area contributed by atoms with Crippen molar-refractivity contribution in [2.24, 2.45) is 0 Å². The molecule has 1 aliphatic rings. The molecule has 0 fully saturated rings. The summed E-state index contributed by atoms with van der Waals surface area (Å²) in [6, 6.07) is 13.5. The van der Waals surface area contributed by atoms with Crippen LogP contribution in [0.25, 0.3) is 0 Å². The van der Waals surface area contributed by atoms with E-state index in [4.69, 9.17) is 9.15 Å². The number of aromatic nitrogens is 1. The zero-order valence-electron chi connectivity index (χ0n) is 20.5. The van der Waals surface area contributed by atoms with Gasteiger partial charge in [0.25, 0.3) is 5.91 Å². The van der Waals surface area contributed by atoms with Crippen molar-refractivity contribution in [2.45, 2.75) is 46.0 Å². The summed E-state index contributed by atoms with van der Waals surface area (Å²) in [4.78, 5) is 21.3. The van der Waals surface area contributed by atoms with Crippen LogP contribution in [0.4, 0.5) is 0 Å². The van der Waals surface area contributed by atoms with Crippen LogP contribution in [-0.4, -0.2) is 51.1 Å². The molecule has 0 spiro atoms. The molecule has 4 rings (SSSR count). The number of benzene rings is 1. The van der Waals surface area contributed by atoms with Gasteiger partial charge in [-0.15, -0.1) is 0 Å². The molecule has 0 saturated carbocycles. The van der Waals surface area contributed by atoms with Crippen LogP contribution in [0.2, 0.25) is 0 Å². The highest BCUT2D eigenvalue weighted by Gasteiger charge is 2.24. The molecule has 7 nitrogen and oxygen atoms in total. The number of fused-ring (bicyclic) bond motifs is 1. The molecule has 0 bridgehead atoms. The van der Waals surface area contributed by atoms with E-state index in [1.54, 1.807) is 30.9 Å². The lowest BCUT2D eigenvalue weighted by molar-refractivity contribution is 0.0700. The molecule has 1 N–H and O–H groups in total. The van der Waals surface area contributed by atoms with Crippen LogP contribution in [0.3, 0.4) is 0 Å². The van der Waals surface area contributed by atoms with Crippen LogP contribution in [0, 0.1) is 11.8 Å². The third-order valence-corrected chi connectivity index (χ3v) is 5.71. The number of hydrogen-bond acceptors (Lipinski definition) is 6. The Morgan fingerprint density at radius 3 is 2.66 bits per heavy atom. The molecule has 1 aromatic carbocycles. The number of ether oxygens (including phenoxy) is 1. The van der Waals surface area contributed by atoms with E-state index in [1.165, 1.54) is 11.1 Å². The Labute approximate surface area is 206 Å². The van der Waals surface area contributed by atoms with Crippen LogP contribution in [0.5, 0.6) is 5.75 Å². The van der Waals surface area contributed by atoms with Crippen LogP contribution in [0.1, 0.15) is 53.8 Å². The summed E-state index contributed by atoms with van der Waals surface area (Å²) >= 11 is 0. The van der Waals surface area contributed by atoms with Gasteiger partial charge in [-0.3, -0.25) is 14.7 Å². The number of rotatable bonds is 6. The average molecular weight is 474 g/mol. The van der Waals surface area contributed by atoms with E-state index in [1.807, 2.05) is 30.6 Å². The van der Waals surface area contributed by atoms with E-state index >= 15 is 0 Å². The van der Waals surface area contributed by atoms with Gasteiger partial charge in [0.15, 0.2) is 11.5 Å². The zero-order valence-corrected chi connectivity index (χ0v) is 20.5. The van der Waals surface area contributed by atoms with Crippen molar-refractivity contribution in [3.8, 4) is 17.6 Å². The van der Waals surface area contributed by atoms with Gasteiger partial charge >= 0.3 is 0 Å². The lowest BCUT2D eigenvalue weighted by atomic mass is 10.1. The Bertz CT molecular complexity index is 1220. The molecular weight excluding hydrogens is 442 g/mol. The maximum absolute atomic E-state index is 13.2. The van der Waals surface area contributed by atoms with E-state index < -0.39 is 5.60 Å². The number of furan rings is 1. The zero-order chi connectivity index (χ0) is 24.8. The highest BCUT2D eigenvalue weighted by Crippen LogP contribution is 2.26. The summed E-state index contributed by atoms with van der Waals surface area (Å²) in [5.41, 5.74) is 2.23. The van der Waals surface area contributed by atoms with Crippen molar-refractivity contribution >= 4 is 5.91 Å². The first kappa shape index (κ1) is 24.5. The van der Waals surface area contributed by atoms with Crippen LogP contribution >= 0.6 is 0 Å². The molecule has 182 valence electrons. The van der Waals surface area contributed by atoms with Gasteiger partial charge in [-0.1, -0.05) is 18.9 Å². The third kappa shape index (κ3) is 6.72. The molecule has 0 unspecified atom stereocenters. The summed E-state index contributed by atoms with van der Waals surface area (Å²) in [6.07, 6.45) is 3.63. The standard InChI is InChI=1S/C28H31N3O4/c1-4-30(18-21-10-13-29-14-11-21)19-22-5-7-25-23(17-22)20-31(15-16-34-25)27(32)26-8-6-24(35-26)9-12-28(2,3)33/h5-8,10-11,13-14,17,33H,4,15-16,18-20H2,1-3H3. The fourth-order valence-corrected chi connectivity index (χ4v) is 3.89. The quantitative estimate of drug-likeness (QED) is 0.548. The smallest absolute Gasteiger partial charge is 0.290 e. The lowest BCUT2D eigenvalue weighted by Crippen LogP contribution is -2.32. The van der Waals surface area contributed by atoms with Crippen LogP contribution < -0.4 is 4.74 Å². The van der Waals surface area contributed by atoms with Crippen LogP contribution in [-0.2, 0) is 19.6 Å². The fourth-order valence-electron chi connectivity index (χ4n) is 3.89. The van der Waals surface area contributed by atoms with Gasteiger partial charge in [-0.2, -0.15) is 0 Å². The van der Waals surface area contributed by atoms with E-state index in [0.717, 1.165) is 30.9 Å². The monoisotopic (exact) mass is 473 g/mol. The van der Waals surface area contributed by atoms with E-state index in [-0.39, 0.29) is 11.7 Å². The Hall–Kier alpha value is -3.60. The molecule has 7 heteroatoms. The summed E-state index contributed by atoms with van der Waals surface area (Å²) in [7, 11) is 0. The maximum Gasteiger partial charge on any atom is 0.290 e. The first-order valence-electron chi connectivity index (χ1n) is 11.8. The minimum absolute atomic E-state index is 0.212. The van der Waals surface area contributed by atoms with Crippen molar-refractivity contribution in [3.63, 3.8) is 0 Å². The van der Waals surface area contributed by atoms with Crippen molar-refractivity contribution in [3.05, 3.63) is 83.1 Å². The van der Waals surface area contributed by atoms with Gasteiger partial charge in [-0.25, -0.2) is 0 Å². The first-order chi connectivity index (χ1) is 16.8. The molecule has 0 aliphatic carbocycles. The Morgan fingerprint density at radius 1 is 1.14 bits per heavy atom. The van der Waals surface area contributed by atoms with Crippen molar-refractivity contribution in [1.82, 2.24) is 14.8 Å². The molecule has 1 amide bonds. The van der Waals surface area contributed by atoms with Gasteiger partial charge in [-0.05, 0) is 73.8 Å². The normalized spacial score (nSPS) is 13.5. The molecule has 0 saturated heterocycles. The highest BCUT2D eigenvalue weighted by atomic mass is 16.5. The maximum atomic E-state index is 13.2. The number of pyridine rings is 1. The van der Waals surface area contributed by atoms with Gasteiger partial charge in [0.2, 0.25) is 0 Å². The molecule has 0 radical (unpaired) electrons. The number of carbonyl (C=O) groups excluding carboxylic acids is 1. The molecule has 0 atom stereocenters. The van der Waals surface area contributed by atoms with Gasteiger partial charge in [0.05, 0.1) is 6.54 Å². The lowest BCUT2D eigenvalue weighted by Gasteiger charge is -2.22. The predicted octanol–water partition coefficient (Wildman–Crippen LogP) is 3.85. The SMILES string of the molecule is CCN(Cc1ccncc1)Cc1ccc2c(c1)CN(C(=O)c1ccc(C#CC(C)(C)O)o1)CCO2. The molecule has 2 aromatic heterocycles. The predicted molar refractivity (Wildman–Crippen MR) is 133 cm³/mol. The van der Waals surface area contributed by atoms with Crippen LogP contribution in [0.15, 0.2) is 59.3 Å². The second kappa shape index (κ2) is 10.8. The van der Waals surface area contributed by atoms with Crippen molar-refractivity contribution in [2.75, 3.05) is 19.7 Å². The van der Waals surface area contributed by atoms with Gasteiger partial charge in [0.1, 0.15) is 18.0 Å². The summed E-state index contributed by atoms with van der Waals surface area (Å²) in [6.45, 7) is 9.19. The second-order valence-corrected chi connectivity index (χ2v) is 9.15. The molecule has 1 aliphatic heterocycles. The summed E-state index contributed by atoms with van der Waals surface area (Å²) in [5, 5.41) is 9.78. The van der Waals surface area contributed by atoms with Gasteiger partial charge < -0.3 is 19.2 Å². The minimum atomic E-state index is -1.13. The summed E-state index contributed by atoms with van der Waals surface area (Å²) < 4.78 is 11.6. The number of hydrogen-bond donors (Lipinski definition) is 1. The highest BCUT2D eigenvalue weighted by molar-refractivity contribution is 5.91. The molecule has 3 heterocycles. The topological polar surface area (TPSA) is 79.0 Å². The Kier molecular flexibility index (Phi) is 7.54. The average Bonchev–Trinajstić information content (AvgIpc) is 3.21. The largest absolute Gasteiger partial charge is 0.491 e. The Morgan fingerprint density at radius 2 is 1.91 bits per heavy atom. The van der Waals surface area contributed by atoms with Crippen molar-refractivity contribution in [1.29, 1.82) is 0 Å². The number of carbonyl (C=O) groups is 1. The Balaban J connectivity index is 1.47. The minimum Gasteiger partial charge on any atom is -0.491 e. The number of aliphatic hydroxyl groups is 1. The van der Waals surface area contributed by atoms with Crippen molar-refractivity contribution < 1.29 is 19.1 Å². The molecule has 35 heavy (non-hydrogen) atoms. The van der Waals surface area contributed by atoms with Gasteiger partial charge in [0, 0.05) is 37.6 Å². The first-order valence-corrected chi connectivity index (χ1v) is 11.8. The van der Waals surface area contributed by atoms with E-state index in [9.17, 15) is 9.90 Å². The summed E-state index contributed by atoms with van der Waals surface area (Å²) in [5.74, 6) is 6.62. The number of amides is 1. The fraction of sp³-hybridized carbons (Fsp3) is 0.357. The van der Waals surface area contributed by atoms with E-state index in [0.29, 0.717) is 25.5 Å². The third-order valence-electron chi connectivity index (χ3n) is 5.71. The number of nitrogens with zero attached hydrogens (tertiary/aromatic N) is 3. The molecule has 3 aromatic rings. The second-order valence-electron chi connectivity index (χ2n) is 9.15. The van der Waals surface area contributed by atoms with E-state index in [2.05, 4.69) is 40.8 Å². The molecular formula is C28H31N3O4.